The van der Waals surface area contributed by atoms with Crippen molar-refractivity contribution in [3.8, 4) is 0 Å². The summed E-state index contributed by atoms with van der Waals surface area (Å²) >= 11 is 0. The zero-order valence-electron chi connectivity index (χ0n) is 13.1. The Balaban J connectivity index is 2.93. The molecule has 0 atom stereocenters. The zero-order valence-corrected chi connectivity index (χ0v) is 13.1. The number of hydrogen-bond donors (Lipinski definition) is 2. The van der Waals surface area contributed by atoms with Gasteiger partial charge in [0, 0.05) is 30.4 Å². The maximum atomic E-state index is 9.63. The fourth-order valence-corrected chi connectivity index (χ4v) is 2.65. The number of aromatic nitrogens is 2. The van der Waals surface area contributed by atoms with Crippen LogP contribution in [-0.4, -0.2) is 27.0 Å². The van der Waals surface area contributed by atoms with Crippen molar-refractivity contribution in [3.05, 3.63) is 17.0 Å². The van der Waals surface area contributed by atoms with Crippen molar-refractivity contribution in [1.82, 2.24) is 15.1 Å². The predicted molar refractivity (Wildman–Crippen MR) is 79.2 cm³/mol. The number of aryl methyl sites for hydroxylation is 2. The Hall–Kier alpha value is -0.870. The predicted octanol–water partition coefficient (Wildman–Crippen LogP) is 2.19. The van der Waals surface area contributed by atoms with E-state index in [9.17, 15) is 5.11 Å². The smallest absolute Gasteiger partial charge is 0.0669 e. The summed E-state index contributed by atoms with van der Waals surface area (Å²) in [5.41, 5.74) is 3.62. The first-order valence-corrected chi connectivity index (χ1v) is 7.46. The van der Waals surface area contributed by atoms with Gasteiger partial charge in [-0.2, -0.15) is 5.10 Å². The highest BCUT2D eigenvalue weighted by molar-refractivity contribution is 5.26. The van der Waals surface area contributed by atoms with Crippen molar-refractivity contribution in [3.63, 3.8) is 0 Å². The summed E-state index contributed by atoms with van der Waals surface area (Å²) in [6.45, 7) is 9.53. The minimum absolute atomic E-state index is 0.161. The molecule has 0 aliphatic rings. The lowest BCUT2D eigenvalue weighted by Gasteiger charge is -2.31. The summed E-state index contributed by atoms with van der Waals surface area (Å²) in [7, 11) is 2.01. The normalized spacial score (nSPS) is 12.1. The number of rotatable bonds is 8. The largest absolute Gasteiger partial charge is 0.394 e. The van der Waals surface area contributed by atoms with E-state index in [1.54, 1.807) is 0 Å². The molecule has 0 aliphatic heterocycles. The number of aliphatic hydroxyl groups is 1. The van der Waals surface area contributed by atoms with Crippen molar-refractivity contribution in [2.75, 3.05) is 6.61 Å². The molecule has 0 spiro atoms. The van der Waals surface area contributed by atoms with Crippen LogP contribution in [0.15, 0.2) is 0 Å². The lowest BCUT2D eigenvalue weighted by Crippen LogP contribution is -2.47. The minimum Gasteiger partial charge on any atom is -0.394 e. The molecule has 0 saturated heterocycles. The van der Waals surface area contributed by atoms with E-state index in [0.29, 0.717) is 0 Å². The molecule has 1 rings (SSSR count). The molecule has 1 aromatic heterocycles. The average Bonchev–Trinajstić information content (AvgIpc) is 2.76. The van der Waals surface area contributed by atoms with Crippen molar-refractivity contribution >= 4 is 0 Å². The summed E-state index contributed by atoms with van der Waals surface area (Å²) in [5, 5.41) is 17.8. The first-order valence-electron chi connectivity index (χ1n) is 7.46. The molecule has 0 aliphatic carbocycles. The summed E-state index contributed by atoms with van der Waals surface area (Å²) in [6.07, 6.45) is 3.81. The van der Waals surface area contributed by atoms with Gasteiger partial charge in [0.2, 0.25) is 0 Å². The molecule has 4 nitrogen and oxygen atoms in total. The van der Waals surface area contributed by atoms with E-state index in [1.165, 1.54) is 17.0 Å². The van der Waals surface area contributed by atoms with Crippen LogP contribution in [0.4, 0.5) is 0 Å². The third-order valence-corrected chi connectivity index (χ3v) is 4.32. The van der Waals surface area contributed by atoms with Gasteiger partial charge in [-0.1, -0.05) is 27.7 Å². The molecule has 4 heteroatoms. The van der Waals surface area contributed by atoms with E-state index in [-0.39, 0.29) is 12.1 Å². The van der Waals surface area contributed by atoms with E-state index >= 15 is 0 Å². The minimum atomic E-state index is -0.161. The molecule has 0 radical (unpaired) electrons. The maximum absolute atomic E-state index is 9.63. The molecule has 2 N–H and O–H groups in total. The topological polar surface area (TPSA) is 50.1 Å². The number of nitrogens with one attached hydrogen (secondary N) is 1. The third kappa shape index (κ3) is 3.37. The van der Waals surface area contributed by atoms with Crippen molar-refractivity contribution < 1.29 is 5.11 Å². The van der Waals surface area contributed by atoms with Crippen LogP contribution in [0.1, 0.15) is 57.5 Å². The quantitative estimate of drug-likeness (QED) is 0.759. The van der Waals surface area contributed by atoms with Gasteiger partial charge in [0.15, 0.2) is 0 Å². The second kappa shape index (κ2) is 7.06. The van der Waals surface area contributed by atoms with Gasteiger partial charge in [-0.25, -0.2) is 0 Å². The van der Waals surface area contributed by atoms with Crippen LogP contribution in [0.5, 0.6) is 0 Å². The van der Waals surface area contributed by atoms with Gasteiger partial charge in [-0.15, -0.1) is 0 Å². The van der Waals surface area contributed by atoms with E-state index < -0.39 is 0 Å². The van der Waals surface area contributed by atoms with Crippen LogP contribution >= 0.6 is 0 Å². The van der Waals surface area contributed by atoms with E-state index in [0.717, 1.165) is 32.2 Å². The number of hydrogen-bond acceptors (Lipinski definition) is 3. The highest BCUT2D eigenvalue weighted by Gasteiger charge is 2.25. The highest BCUT2D eigenvalue weighted by atomic mass is 16.3. The fourth-order valence-electron chi connectivity index (χ4n) is 2.65. The molecule has 0 amide bonds. The Kier molecular flexibility index (Phi) is 6.01. The van der Waals surface area contributed by atoms with Gasteiger partial charge in [-0.3, -0.25) is 4.68 Å². The first-order chi connectivity index (χ1) is 9.07. The van der Waals surface area contributed by atoms with Gasteiger partial charge in [-0.05, 0) is 25.7 Å². The summed E-state index contributed by atoms with van der Waals surface area (Å²) in [4.78, 5) is 0. The Morgan fingerprint density at radius 1 is 1.16 bits per heavy atom. The van der Waals surface area contributed by atoms with Crippen LogP contribution in [0.25, 0.3) is 0 Å². The monoisotopic (exact) mass is 267 g/mol. The molecule has 0 unspecified atom stereocenters. The van der Waals surface area contributed by atoms with Gasteiger partial charge < -0.3 is 10.4 Å². The van der Waals surface area contributed by atoms with Crippen LogP contribution in [0, 0.1) is 0 Å². The number of nitrogens with zero attached hydrogens (tertiary/aromatic N) is 2. The molecular weight excluding hydrogens is 238 g/mol. The molecule has 0 bridgehead atoms. The first kappa shape index (κ1) is 16.2. The SMILES string of the molecule is CCc1nn(C)c(CC)c1CNC(CC)(CC)CO. The molecule has 1 aromatic rings. The molecule has 110 valence electrons. The van der Waals surface area contributed by atoms with E-state index in [1.807, 2.05) is 11.7 Å². The second-order valence-electron chi connectivity index (χ2n) is 5.20. The third-order valence-electron chi connectivity index (χ3n) is 4.32. The summed E-state index contributed by atoms with van der Waals surface area (Å²) < 4.78 is 1.99. The van der Waals surface area contributed by atoms with Gasteiger partial charge >= 0.3 is 0 Å². The second-order valence-corrected chi connectivity index (χ2v) is 5.20. The van der Waals surface area contributed by atoms with E-state index in [2.05, 4.69) is 38.1 Å². The molecule has 0 saturated carbocycles. The standard InChI is InChI=1S/C15H29N3O/c1-6-13-12(14(7-2)18(5)17-13)10-16-15(8-3,9-4)11-19/h16,19H,6-11H2,1-5H3. The van der Waals surface area contributed by atoms with Crippen LogP contribution < -0.4 is 5.32 Å². The van der Waals surface area contributed by atoms with Crippen molar-refractivity contribution in [2.24, 2.45) is 7.05 Å². The van der Waals surface area contributed by atoms with Crippen LogP contribution in [0.2, 0.25) is 0 Å². The molecule has 0 fully saturated rings. The fraction of sp³-hybridized carbons (Fsp3) is 0.800. The Bertz CT molecular complexity index is 386. The Morgan fingerprint density at radius 3 is 2.21 bits per heavy atom. The number of aliphatic hydroxyl groups excluding tert-OH is 1. The lowest BCUT2D eigenvalue weighted by molar-refractivity contribution is 0.149. The molecular formula is C15H29N3O. The molecule has 0 aromatic carbocycles. The van der Waals surface area contributed by atoms with Crippen molar-refractivity contribution in [2.45, 2.75) is 65.5 Å². The molecule has 19 heavy (non-hydrogen) atoms. The zero-order chi connectivity index (χ0) is 14.5. The Morgan fingerprint density at radius 2 is 1.79 bits per heavy atom. The maximum Gasteiger partial charge on any atom is 0.0669 e. The Labute approximate surface area is 117 Å². The average molecular weight is 267 g/mol. The van der Waals surface area contributed by atoms with Gasteiger partial charge in [0.05, 0.1) is 12.3 Å². The lowest BCUT2D eigenvalue weighted by atomic mass is 9.93. The summed E-state index contributed by atoms with van der Waals surface area (Å²) in [6, 6.07) is 0. The van der Waals surface area contributed by atoms with Crippen LogP contribution in [-0.2, 0) is 26.4 Å². The van der Waals surface area contributed by atoms with Gasteiger partial charge in [0.1, 0.15) is 0 Å². The van der Waals surface area contributed by atoms with Crippen molar-refractivity contribution in [1.29, 1.82) is 0 Å². The van der Waals surface area contributed by atoms with E-state index in [4.69, 9.17) is 0 Å². The van der Waals surface area contributed by atoms with Crippen LogP contribution in [0.3, 0.4) is 0 Å². The molecule has 1 heterocycles. The van der Waals surface area contributed by atoms with Gasteiger partial charge in [0.25, 0.3) is 0 Å². The highest BCUT2D eigenvalue weighted by Crippen LogP contribution is 2.19. The summed E-state index contributed by atoms with van der Waals surface area (Å²) in [5.74, 6) is 0.